The smallest absolute Gasteiger partial charge is 0.404 e. The van der Waals surface area contributed by atoms with Gasteiger partial charge in [-0.3, -0.25) is 0 Å². The number of benzene rings is 1. The molecule has 1 rings (SSSR count). The minimum atomic E-state index is -1.05. The number of nitrogens with two attached hydrogens (primary N) is 1. The van der Waals surface area contributed by atoms with Crippen molar-refractivity contribution in [3.05, 3.63) is 33.8 Å². The maximum atomic E-state index is 10.2. The van der Waals surface area contributed by atoms with Gasteiger partial charge in [0.15, 0.2) is 0 Å². The highest BCUT2D eigenvalue weighted by atomic mass is 35.5. The Morgan fingerprint density at radius 2 is 2.12 bits per heavy atom. The number of carbonyl (C=O) groups is 1. The molecule has 1 aromatic rings. The second-order valence-corrected chi connectivity index (χ2v) is 4.12. The fourth-order valence-corrected chi connectivity index (χ4v) is 1.55. The van der Waals surface area contributed by atoms with Crippen LogP contribution in [0.3, 0.4) is 0 Å². The highest BCUT2D eigenvalue weighted by Gasteiger charge is 2.08. The maximum Gasteiger partial charge on any atom is 0.404 e. The first-order valence-electron chi connectivity index (χ1n) is 4.68. The molecule has 1 atom stereocenters. The van der Waals surface area contributed by atoms with Gasteiger partial charge in [-0.2, -0.15) is 0 Å². The van der Waals surface area contributed by atoms with Gasteiger partial charge in [-0.25, -0.2) is 4.79 Å². The molecule has 0 bridgehead atoms. The van der Waals surface area contributed by atoms with Crippen LogP contribution in [0.5, 0.6) is 0 Å². The molecular weight excluding hydrogens is 251 g/mol. The van der Waals surface area contributed by atoms with Crippen LogP contribution in [-0.2, 0) is 0 Å². The van der Waals surface area contributed by atoms with E-state index in [-0.39, 0.29) is 6.04 Å². The number of hydrogen-bond acceptors (Lipinski definition) is 2. The number of halogens is 2. The average molecular weight is 263 g/mol. The Kier molecular flexibility index (Phi) is 4.86. The quantitative estimate of drug-likeness (QED) is 0.781. The third kappa shape index (κ3) is 3.89. The van der Waals surface area contributed by atoms with Crippen LogP contribution < -0.4 is 11.1 Å². The van der Waals surface area contributed by atoms with Gasteiger partial charge < -0.3 is 16.2 Å². The van der Waals surface area contributed by atoms with E-state index in [2.05, 4.69) is 5.32 Å². The lowest BCUT2D eigenvalue weighted by atomic mass is 10.1. The fraction of sp³-hybridized carbons (Fsp3) is 0.300. The lowest BCUT2D eigenvalue weighted by Gasteiger charge is -2.12. The summed E-state index contributed by atoms with van der Waals surface area (Å²) in [6.45, 7) is 0.302. The first-order chi connectivity index (χ1) is 7.50. The Hall–Kier alpha value is -0.970. The van der Waals surface area contributed by atoms with Gasteiger partial charge in [0.25, 0.3) is 0 Å². The average Bonchev–Trinajstić information content (AvgIpc) is 2.21. The topological polar surface area (TPSA) is 75.3 Å². The Labute approximate surface area is 103 Å². The molecule has 4 N–H and O–H groups in total. The third-order valence-corrected chi connectivity index (χ3v) is 2.84. The predicted molar refractivity (Wildman–Crippen MR) is 64.0 cm³/mol. The van der Waals surface area contributed by atoms with Crippen molar-refractivity contribution < 1.29 is 9.90 Å². The van der Waals surface area contributed by atoms with Crippen molar-refractivity contribution in [3.8, 4) is 0 Å². The zero-order valence-electron chi connectivity index (χ0n) is 8.41. The van der Waals surface area contributed by atoms with Crippen molar-refractivity contribution in [2.75, 3.05) is 6.54 Å². The Morgan fingerprint density at radius 1 is 1.44 bits per heavy atom. The monoisotopic (exact) mass is 262 g/mol. The first-order valence-corrected chi connectivity index (χ1v) is 5.43. The standard InChI is InChI=1S/C10H12Cl2N2O2/c11-7-2-1-6(5-8(7)12)9(13)3-4-14-10(15)16/h1-2,5,9,14H,3-4,13H2,(H,15,16). The minimum absolute atomic E-state index is 0.262. The predicted octanol–water partition coefficient (Wildman–Crippen LogP) is 2.65. The van der Waals surface area contributed by atoms with E-state index in [0.717, 1.165) is 5.56 Å². The van der Waals surface area contributed by atoms with Crippen molar-refractivity contribution in [3.63, 3.8) is 0 Å². The summed E-state index contributed by atoms with van der Waals surface area (Å²) in [4.78, 5) is 10.2. The molecule has 0 aliphatic rings. The highest BCUT2D eigenvalue weighted by Crippen LogP contribution is 2.25. The number of hydrogen-bond donors (Lipinski definition) is 3. The maximum absolute atomic E-state index is 10.2. The van der Waals surface area contributed by atoms with Gasteiger partial charge in [-0.1, -0.05) is 29.3 Å². The van der Waals surface area contributed by atoms with Crippen molar-refractivity contribution in [1.82, 2.24) is 5.32 Å². The van der Waals surface area contributed by atoms with E-state index in [1.807, 2.05) is 0 Å². The van der Waals surface area contributed by atoms with Gasteiger partial charge in [-0.15, -0.1) is 0 Å². The van der Waals surface area contributed by atoms with Gasteiger partial charge in [0.05, 0.1) is 10.0 Å². The SMILES string of the molecule is NC(CCNC(=O)O)c1ccc(Cl)c(Cl)c1. The molecule has 0 aliphatic heterocycles. The normalized spacial score (nSPS) is 12.2. The van der Waals surface area contributed by atoms with Gasteiger partial charge in [0, 0.05) is 12.6 Å². The lowest BCUT2D eigenvalue weighted by molar-refractivity contribution is 0.194. The molecule has 16 heavy (non-hydrogen) atoms. The summed E-state index contributed by atoms with van der Waals surface area (Å²) in [5, 5.41) is 11.6. The summed E-state index contributed by atoms with van der Waals surface area (Å²) in [5.41, 5.74) is 6.70. The molecule has 0 aromatic heterocycles. The van der Waals surface area contributed by atoms with Gasteiger partial charge in [0.2, 0.25) is 0 Å². The molecule has 0 aliphatic carbocycles. The first kappa shape index (κ1) is 13.1. The van der Waals surface area contributed by atoms with Gasteiger partial charge >= 0.3 is 6.09 Å². The number of rotatable bonds is 4. The lowest BCUT2D eigenvalue weighted by Crippen LogP contribution is -2.25. The minimum Gasteiger partial charge on any atom is -0.465 e. The molecule has 4 nitrogen and oxygen atoms in total. The molecular formula is C10H12Cl2N2O2. The van der Waals surface area contributed by atoms with E-state index in [4.69, 9.17) is 34.0 Å². The van der Waals surface area contributed by atoms with Crippen molar-refractivity contribution in [2.45, 2.75) is 12.5 Å². The van der Waals surface area contributed by atoms with E-state index < -0.39 is 6.09 Å². The van der Waals surface area contributed by atoms with E-state index in [9.17, 15) is 4.79 Å². The zero-order valence-corrected chi connectivity index (χ0v) is 9.92. The second kappa shape index (κ2) is 5.94. The summed E-state index contributed by atoms with van der Waals surface area (Å²) < 4.78 is 0. The highest BCUT2D eigenvalue weighted by molar-refractivity contribution is 6.42. The summed E-state index contributed by atoms with van der Waals surface area (Å²) in [7, 11) is 0. The van der Waals surface area contributed by atoms with E-state index in [1.165, 1.54) is 0 Å². The van der Waals surface area contributed by atoms with Crippen LogP contribution in [0.1, 0.15) is 18.0 Å². The van der Waals surface area contributed by atoms with Crippen molar-refractivity contribution in [2.24, 2.45) is 5.73 Å². The summed E-state index contributed by atoms with van der Waals surface area (Å²) in [6, 6.07) is 4.88. The van der Waals surface area contributed by atoms with E-state index in [1.54, 1.807) is 18.2 Å². The molecule has 1 amide bonds. The van der Waals surface area contributed by atoms with Crippen molar-refractivity contribution >= 4 is 29.3 Å². The second-order valence-electron chi connectivity index (χ2n) is 3.30. The van der Waals surface area contributed by atoms with Crippen LogP contribution in [0.4, 0.5) is 4.79 Å². The van der Waals surface area contributed by atoms with E-state index in [0.29, 0.717) is 23.0 Å². The van der Waals surface area contributed by atoms with Gasteiger partial charge in [-0.05, 0) is 24.1 Å². The summed E-state index contributed by atoms with van der Waals surface area (Å²) in [5.74, 6) is 0. The summed E-state index contributed by atoms with van der Waals surface area (Å²) >= 11 is 11.6. The molecule has 0 radical (unpaired) electrons. The van der Waals surface area contributed by atoms with Crippen LogP contribution in [0, 0.1) is 0 Å². The molecule has 1 aromatic carbocycles. The Bertz CT molecular complexity index is 385. The molecule has 88 valence electrons. The molecule has 1 unspecified atom stereocenters. The largest absolute Gasteiger partial charge is 0.465 e. The number of amides is 1. The van der Waals surface area contributed by atoms with Crippen LogP contribution >= 0.6 is 23.2 Å². The Balaban J connectivity index is 2.55. The van der Waals surface area contributed by atoms with Crippen LogP contribution in [-0.4, -0.2) is 17.7 Å². The van der Waals surface area contributed by atoms with Crippen LogP contribution in [0.25, 0.3) is 0 Å². The summed E-state index contributed by atoms with van der Waals surface area (Å²) in [6.07, 6.45) is -0.550. The zero-order chi connectivity index (χ0) is 12.1. The number of carboxylic acid groups (broad SMARTS) is 1. The third-order valence-electron chi connectivity index (χ3n) is 2.10. The van der Waals surface area contributed by atoms with Crippen molar-refractivity contribution in [1.29, 1.82) is 0 Å². The molecule has 0 fully saturated rings. The molecule has 0 heterocycles. The van der Waals surface area contributed by atoms with Crippen LogP contribution in [0.15, 0.2) is 18.2 Å². The molecule has 6 heteroatoms. The molecule has 0 saturated carbocycles. The van der Waals surface area contributed by atoms with Gasteiger partial charge in [0.1, 0.15) is 0 Å². The fourth-order valence-electron chi connectivity index (χ4n) is 1.24. The Morgan fingerprint density at radius 3 is 2.69 bits per heavy atom. The molecule has 0 saturated heterocycles. The van der Waals surface area contributed by atoms with Crippen LogP contribution in [0.2, 0.25) is 10.0 Å². The van der Waals surface area contributed by atoms with E-state index >= 15 is 0 Å². The number of nitrogens with one attached hydrogen (secondary N) is 1. The molecule has 0 spiro atoms.